The van der Waals surface area contributed by atoms with E-state index in [4.69, 9.17) is 4.74 Å². The maximum atomic E-state index is 5.33. The van der Waals surface area contributed by atoms with Crippen molar-refractivity contribution in [3.05, 3.63) is 29.8 Å². The molecule has 0 saturated heterocycles. The number of para-hydroxylation sites is 1. The monoisotopic (exact) mass is 232 g/mol. The van der Waals surface area contributed by atoms with Crippen LogP contribution < -0.4 is 10.1 Å². The van der Waals surface area contributed by atoms with E-state index in [-0.39, 0.29) is 0 Å². The maximum absolute atomic E-state index is 5.33. The maximum Gasteiger partial charge on any atom is 0.122 e. The number of hydrogen-bond acceptors (Lipinski definition) is 3. The van der Waals surface area contributed by atoms with Gasteiger partial charge in [0.1, 0.15) is 5.75 Å². The van der Waals surface area contributed by atoms with E-state index >= 15 is 0 Å². The molecule has 0 aliphatic carbocycles. The highest BCUT2D eigenvalue weighted by Crippen LogP contribution is 2.17. The lowest BCUT2D eigenvalue weighted by atomic mass is 10.1. The molecule has 3 heteroatoms. The normalized spacial score (nSPS) is 15.2. The number of benzene rings is 1. The minimum absolute atomic E-state index is 0.930. The van der Waals surface area contributed by atoms with Gasteiger partial charge in [-0.25, -0.2) is 0 Å². The lowest BCUT2D eigenvalue weighted by Gasteiger charge is -2.14. The van der Waals surface area contributed by atoms with Crippen molar-refractivity contribution in [2.45, 2.75) is 25.7 Å². The van der Waals surface area contributed by atoms with E-state index in [1.165, 1.54) is 24.2 Å². The van der Waals surface area contributed by atoms with E-state index in [2.05, 4.69) is 22.4 Å². The Morgan fingerprint density at radius 1 is 1.29 bits per heavy atom. The Morgan fingerprint density at radius 2 is 2.18 bits per heavy atom. The molecule has 0 fully saturated rings. The van der Waals surface area contributed by atoms with Gasteiger partial charge in [-0.05, 0) is 30.9 Å². The fourth-order valence-corrected chi connectivity index (χ4v) is 2.09. The minimum atomic E-state index is 0.930. The highest BCUT2D eigenvalue weighted by atomic mass is 16.5. The van der Waals surface area contributed by atoms with E-state index in [0.29, 0.717) is 0 Å². The second-order valence-electron chi connectivity index (χ2n) is 4.27. The first-order chi connectivity index (χ1) is 8.40. The Morgan fingerprint density at radius 3 is 2.94 bits per heavy atom. The lowest BCUT2D eigenvalue weighted by Crippen LogP contribution is -2.27. The third kappa shape index (κ3) is 3.48. The molecule has 0 atom stereocenters. The van der Waals surface area contributed by atoms with Crippen molar-refractivity contribution in [3.63, 3.8) is 0 Å². The Kier molecular flexibility index (Phi) is 4.42. The zero-order valence-corrected chi connectivity index (χ0v) is 10.4. The summed E-state index contributed by atoms with van der Waals surface area (Å²) in [5, 5.41) is 3.42. The quantitative estimate of drug-likeness (QED) is 0.865. The summed E-state index contributed by atoms with van der Waals surface area (Å²) in [6, 6.07) is 8.17. The molecule has 1 aliphatic rings. The van der Waals surface area contributed by atoms with E-state index in [0.717, 1.165) is 31.7 Å². The smallest absolute Gasteiger partial charge is 0.122 e. The van der Waals surface area contributed by atoms with Gasteiger partial charge in [0, 0.05) is 19.5 Å². The van der Waals surface area contributed by atoms with Crippen LogP contribution in [0.15, 0.2) is 29.3 Å². The standard InChI is InChI=1S/C14H20N2O/c1-17-13-7-3-2-6-12(13)9-11-16-14-8-4-5-10-15-14/h2-3,6-7H,4-5,8-11H2,1H3,(H,15,16). The number of ether oxygens (including phenoxy) is 1. The predicted octanol–water partition coefficient (Wildman–Crippen LogP) is 2.41. The first-order valence-corrected chi connectivity index (χ1v) is 6.29. The molecule has 2 rings (SSSR count). The summed E-state index contributed by atoms with van der Waals surface area (Å²) in [6.07, 6.45) is 4.58. The molecular formula is C14H20N2O. The number of rotatable bonds is 4. The number of methoxy groups -OCH3 is 1. The highest BCUT2D eigenvalue weighted by molar-refractivity contribution is 5.82. The van der Waals surface area contributed by atoms with Crippen molar-refractivity contribution in [2.75, 3.05) is 20.2 Å². The number of hydrogen-bond donors (Lipinski definition) is 1. The van der Waals surface area contributed by atoms with E-state index < -0.39 is 0 Å². The Labute approximate surface area is 103 Å². The van der Waals surface area contributed by atoms with Gasteiger partial charge in [-0.1, -0.05) is 18.2 Å². The largest absolute Gasteiger partial charge is 0.496 e. The van der Waals surface area contributed by atoms with Gasteiger partial charge in [-0.3, -0.25) is 4.99 Å². The van der Waals surface area contributed by atoms with Gasteiger partial charge in [0.25, 0.3) is 0 Å². The zero-order chi connectivity index (χ0) is 11.9. The van der Waals surface area contributed by atoms with Crippen LogP contribution in [-0.2, 0) is 6.42 Å². The van der Waals surface area contributed by atoms with Crippen molar-refractivity contribution in [1.29, 1.82) is 0 Å². The summed E-state index contributed by atoms with van der Waals surface area (Å²) in [6.45, 7) is 1.91. The van der Waals surface area contributed by atoms with Gasteiger partial charge >= 0.3 is 0 Å². The molecule has 0 radical (unpaired) electrons. The van der Waals surface area contributed by atoms with E-state index in [1.54, 1.807) is 7.11 Å². The number of nitrogens with one attached hydrogen (secondary N) is 1. The van der Waals surface area contributed by atoms with Crippen LogP contribution in [0.3, 0.4) is 0 Å². The van der Waals surface area contributed by atoms with Crippen LogP contribution in [0.5, 0.6) is 5.75 Å². The molecule has 1 N–H and O–H groups in total. The number of amidine groups is 1. The fraction of sp³-hybridized carbons (Fsp3) is 0.500. The van der Waals surface area contributed by atoms with E-state index in [9.17, 15) is 0 Å². The number of aliphatic imine (C=N–C) groups is 1. The van der Waals surface area contributed by atoms with E-state index in [1.807, 2.05) is 12.1 Å². The van der Waals surface area contributed by atoms with Crippen molar-refractivity contribution < 1.29 is 4.74 Å². The zero-order valence-electron chi connectivity index (χ0n) is 10.4. The minimum Gasteiger partial charge on any atom is -0.496 e. The van der Waals surface area contributed by atoms with Gasteiger partial charge in [0.2, 0.25) is 0 Å². The molecule has 3 nitrogen and oxygen atoms in total. The first-order valence-electron chi connectivity index (χ1n) is 6.29. The van der Waals surface area contributed by atoms with Crippen LogP contribution >= 0.6 is 0 Å². The van der Waals surface area contributed by atoms with Gasteiger partial charge in [-0.15, -0.1) is 0 Å². The van der Waals surface area contributed by atoms with Gasteiger partial charge < -0.3 is 10.1 Å². The molecular weight excluding hydrogens is 212 g/mol. The summed E-state index contributed by atoms with van der Waals surface area (Å²) in [7, 11) is 1.72. The molecule has 1 aromatic carbocycles. The topological polar surface area (TPSA) is 33.6 Å². The highest BCUT2D eigenvalue weighted by Gasteiger charge is 2.05. The lowest BCUT2D eigenvalue weighted by molar-refractivity contribution is 0.409. The Bertz CT molecular complexity index is 388. The van der Waals surface area contributed by atoms with Crippen LogP contribution in [0.2, 0.25) is 0 Å². The summed E-state index contributed by atoms with van der Waals surface area (Å²) in [4.78, 5) is 4.48. The summed E-state index contributed by atoms with van der Waals surface area (Å²) in [5.41, 5.74) is 1.25. The second-order valence-corrected chi connectivity index (χ2v) is 4.27. The van der Waals surface area contributed by atoms with Crippen molar-refractivity contribution >= 4 is 5.84 Å². The molecule has 92 valence electrons. The molecule has 0 spiro atoms. The molecule has 0 aromatic heterocycles. The van der Waals surface area contributed by atoms with Crippen molar-refractivity contribution in [3.8, 4) is 5.75 Å². The average Bonchev–Trinajstić information content (AvgIpc) is 2.40. The predicted molar refractivity (Wildman–Crippen MR) is 70.9 cm³/mol. The Hall–Kier alpha value is -1.51. The molecule has 0 amide bonds. The third-order valence-electron chi connectivity index (χ3n) is 3.04. The molecule has 0 saturated carbocycles. The van der Waals surface area contributed by atoms with Crippen LogP contribution in [0.4, 0.5) is 0 Å². The van der Waals surface area contributed by atoms with Gasteiger partial charge in [0.05, 0.1) is 12.9 Å². The summed E-state index contributed by atoms with van der Waals surface area (Å²) in [5.74, 6) is 2.14. The summed E-state index contributed by atoms with van der Waals surface area (Å²) >= 11 is 0. The molecule has 17 heavy (non-hydrogen) atoms. The third-order valence-corrected chi connectivity index (χ3v) is 3.04. The molecule has 1 aliphatic heterocycles. The summed E-state index contributed by atoms with van der Waals surface area (Å²) < 4.78 is 5.33. The Balaban J connectivity index is 1.83. The van der Waals surface area contributed by atoms with Gasteiger partial charge in [-0.2, -0.15) is 0 Å². The van der Waals surface area contributed by atoms with Crippen LogP contribution in [-0.4, -0.2) is 26.0 Å². The van der Waals surface area contributed by atoms with Crippen LogP contribution in [0, 0.1) is 0 Å². The molecule has 1 aromatic rings. The van der Waals surface area contributed by atoms with Gasteiger partial charge in [0.15, 0.2) is 0 Å². The molecule has 0 bridgehead atoms. The SMILES string of the molecule is COc1ccccc1CCNC1=NCCCC1. The van der Waals surface area contributed by atoms with Crippen molar-refractivity contribution in [2.24, 2.45) is 4.99 Å². The fourth-order valence-electron chi connectivity index (χ4n) is 2.09. The molecule has 1 heterocycles. The van der Waals surface area contributed by atoms with Crippen LogP contribution in [0.1, 0.15) is 24.8 Å². The molecule has 0 unspecified atom stereocenters. The second kappa shape index (κ2) is 6.28. The average molecular weight is 232 g/mol. The number of nitrogens with zero attached hydrogens (tertiary/aromatic N) is 1. The first kappa shape index (κ1) is 12.0. The van der Waals surface area contributed by atoms with Crippen molar-refractivity contribution in [1.82, 2.24) is 5.32 Å². The van der Waals surface area contributed by atoms with Crippen LogP contribution in [0.25, 0.3) is 0 Å².